The fraction of sp³-hybridized carbons (Fsp3) is 0.214. The molecule has 37 heavy (non-hydrogen) atoms. The number of aromatic nitrogens is 4. The molecule has 1 aliphatic heterocycles. The number of nitrogens with one attached hydrogen (secondary N) is 1. The lowest BCUT2D eigenvalue weighted by Gasteiger charge is -2.35. The van der Waals surface area contributed by atoms with Crippen molar-refractivity contribution in [2.45, 2.75) is 38.8 Å². The van der Waals surface area contributed by atoms with Crippen molar-refractivity contribution in [2.24, 2.45) is 5.73 Å². The smallest absolute Gasteiger partial charge is 0.253 e. The zero-order valence-corrected chi connectivity index (χ0v) is 21.2. The standard InChI is InChI=1S/C28H25ClN6O2/c1-16-3-8-23-22(11-16)32-25-9-10-28(2,14-34(23)25)33-27(37)19-6-5-18(13-20(19)29)35-15-31-21-7-4-17(26(30)36)12-24(21)35/h3-8,11-13,15H,9-10,14H2,1-2H3,(H2,30,36)(H,33,37)/t28-/m1/s1. The predicted molar refractivity (Wildman–Crippen MR) is 143 cm³/mol. The highest BCUT2D eigenvalue weighted by molar-refractivity contribution is 6.34. The van der Waals surface area contributed by atoms with E-state index < -0.39 is 11.4 Å². The van der Waals surface area contributed by atoms with E-state index in [0.717, 1.165) is 46.4 Å². The summed E-state index contributed by atoms with van der Waals surface area (Å²) in [7, 11) is 0. The molecule has 0 saturated heterocycles. The fourth-order valence-corrected chi connectivity index (χ4v) is 5.38. The minimum absolute atomic E-state index is 0.228. The molecule has 2 amide bonds. The minimum Gasteiger partial charge on any atom is -0.366 e. The molecule has 1 aliphatic rings. The third-order valence-electron chi connectivity index (χ3n) is 7.11. The van der Waals surface area contributed by atoms with Crippen LogP contribution in [0.25, 0.3) is 27.8 Å². The number of imidazole rings is 2. The van der Waals surface area contributed by atoms with Gasteiger partial charge in [0.1, 0.15) is 12.2 Å². The van der Waals surface area contributed by atoms with Crippen LogP contribution in [0, 0.1) is 6.92 Å². The third-order valence-corrected chi connectivity index (χ3v) is 7.43. The van der Waals surface area contributed by atoms with E-state index in [0.29, 0.717) is 22.7 Å². The van der Waals surface area contributed by atoms with E-state index in [9.17, 15) is 9.59 Å². The van der Waals surface area contributed by atoms with Gasteiger partial charge in [-0.25, -0.2) is 9.97 Å². The second-order valence-corrected chi connectivity index (χ2v) is 10.4. The van der Waals surface area contributed by atoms with E-state index in [1.54, 1.807) is 36.7 Å². The van der Waals surface area contributed by atoms with Crippen LogP contribution >= 0.6 is 11.6 Å². The molecule has 6 rings (SSSR count). The first-order valence-electron chi connectivity index (χ1n) is 12.1. The number of rotatable bonds is 4. The number of aryl methyl sites for hydroxylation is 2. The highest BCUT2D eigenvalue weighted by atomic mass is 35.5. The number of hydrogen-bond donors (Lipinski definition) is 2. The van der Waals surface area contributed by atoms with Gasteiger partial charge in [0.25, 0.3) is 5.91 Å². The number of halogens is 1. The summed E-state index contributed by atoms with van der Waals surface area (Å²) in [6.45, 7) is 4.75. The summed E-state index contributed by atoms with van der Waals surface area (Å²) in [4.78, 5) is 34.2. The number of amides is 2. The Balaban J connectivity index is 1.26. The van der Waals surface area contributed by atoms with Crippen LogP contribution in [-0.4, -0.2) is 36.5 Å². The Morgan fingerprint density at radius 3 is 2.68 bits per heavy atom. The summed E-state index contributed by atoms with van der Waals surface area (Å²) in [5.74, 6) is 0.304. The van der Waals surface area contributed by atoms with E-state index in [1.807, 2.05) is 10.6 Å². The van der Waals surface area contributed by atoms with E-state index in [-0.39, 0.29) is 5.91 Å². The largest absolute Gasteiger partial charge is 0.366 e. The minimum atomic E-state index is -0.512. The quantitative estimate of drug-likeness (QED) is 0.367. The van der Waals surface area contributed by atoms with Crippen molar-refractivity contribution in [3.05, 3.63) is 88.5 Å². The maximum absolute atomic E-state index is 13.3. The molecule has 186 valence electrons. The van der Waals surface area contributed by atoms with Gasteiger partial charge in [-0.1, -0.05) is 17.7 Å². The molecule has 1 atom stereocenters. The van der Waals surface area contributed by atoms with Gasteiger partial charge in [-0.3, -0.25) is 14.2 Å². The zero-order chi connectivity index (χ0) is 25.9. The molecule has 0 saturated carbocycles. The number of nitrogens with two attached hydrogens (primary N) is 1. The average molecular weight is 513 g/mol. The molecule has 2 aromatic heterocycles. The Morgan fingerprint density at radius 2 is 1.89 bits per heavy atom. The van der Waals surface area contributed by atoms with Gasteiger partial charge in [0.15, 0.2) is 0 Å². The van der Waals surface area contributed by atoms with Gasteiger partial charge in [0.2, 0.25) is 5.91 Å². The van der Waals surface area contributed by atoms with Crippen LogP contribution in [0.2, 0.25) is 5.02 Å². The Kier molecular flexibility index (Phi) is 5.31. The lowest BCUT2D eigenvalue weighted by atomic mass is 9.91. The first kappa shape index (κ1) is 23.2. The van der Waals surface area contributed by atoms with Crippen LogP contribution in [0.5, 0.6) is 0 Å². The van der Waals surface area contributed by atoms with Crippen molar-refractivity contribution in [1.29, 1.82) is 0 Å². The van der Waals surface area contributed by atoms with Gasteiger partial charge >= 0.3 is 0 Å². The molecule has 0 fully saturated rings. The number of benzene rings is 3. The second-order valence-electron chi connectivity index (χ2n) is 9.97. The van der Waals surface area contributed by atoms with Gasteiger partial charge in [-0.05, 0) is 74.4 Å². The molecule has 0 spiro atoms. The van der Waals surface area contributed by atoms with E-state index in [4.69, 9.17) is 22.3 Å². The molecule has 0 aliphatic carbocycles. The van der Waals surface area contributed by atoms with Gasteiger partial charge in [0.05, 0.1) is 38.2 Å². The third kappa shape index (κ3) is 4.03. The first-order chi connectivity index (χ1) is 17.7. The molecule has 3 N–H and O–H groups in total. The van der Waals surface area contributed by atoms with Crippen LogP contribution in [0.4, 0.5) is 0 Å². The maximum atomic E-state index is 13.3. The molecule has 0 bridgehead atoms. The lowest BCUT2D eigenvalue weighted by Crippen LogP contribution is -2.51. The molecule has 3 heterocycles. The van der Waals surface area contributed by atoms with E-state index in [1.165, 1.54) is 5.56 Å². The van der Waals surface area contributed by atoms with Gasteiger partial charge in [0, 0.05) is 24.2 Å². The Morgan fingerprint density at radius 1 is 1.05 bits per heavy atom. The topological polar surface area (TPSA) is 108 Å². The van der Waals surface area contributed by atoms with Gasteiger partial charge in [-0.15, -0.1) is 0 Å². The monoisotopic (exact) mass is 512 g/mol. The zero-order valence-electron chi connectivity index (χ0n) is 20.5. The molecular weight excluding hydrogens is 488 g/mol. The van der Waals surface area contributed by atoms with Crippen LogP contribution in [-0.2, 0) is 13.0 Å². The lowest BCUT2D eigenvalue weighted by molar-refractivity contribution is 0.0883. The predicted octanol–water partition coefficient (Wildman–Crippen LogP) is 4.57. The Labute approximate surface area is 218 Å². The van der Waals surface area contributed by atoms with Crippen molar-refractivity contribution < 1.29 is 9.59 Å². The number of fused-ring (bicyclic) bond motifs is 4. The summed E-state index contributed by atoms with van der Waals surface area (Å²) < 4.78 is 4.01. The first-order valence-corrected chi connectivity index (χ1v) is 12.4. The molecular formula is C28H25ClN6O2. The molecule has 5 aromatic rings. The second kappa shape index (κ2) is 8.45. The Bertz CT molecular complexity index is 1740. The van der Waals surface area contributed by atoms with E-state index in [2.05, 4.69) is 46.9 Å². The summed E-state index contributed by atoms with van der Waals surface area (Å²) in [5, 5.41) is 3.55. The maximum Gasteiger partial charge on any atom is 0.253 e. The van der Waals surface area contributed by atoms with Crippen molar-refractivity contribution in [3.8, 4) is 5.69 Å². The van der Waals surface area contributed by atoms with Crippen molar-refractivity contribution in [3.63, 3.8) is 0 Å². The number of primary amides is 1. The fourth-order valence-electron chi connectivity index (χ4n) is 5.12. The number of nitrogens with zero attached hydrogens (tertiary/aromatic N) is 4. The van der Waals surface area contributed by atoms with Crippen LogP contribution in [0.15, 0.2) is 60.9 Å². The molecule has 0 unspecified atom stereocenters. The SMILES string of the molecule is Cc1ccc2c(c1)nc1n2C[C@](C)(NC(=O)c2ccc(-n3cnc4ccc(C(N)=O)cc43)cc2Cl)CC1. The van der Waals surface area contributed by atoms with Crippen molar-refractivity contribution >= 4 is 45.5 Å². The summed E-state index contributed by atoms with van der Waals surface area (Å²) >= 11 is 6.61. The molecule has 3 aromatic carbocycles. The van der Waals surface area contributed by atoms with Crippen molar-refractivity contribution in [2.75, 3.05) is 0 Å². The summed E-state index contributed by atoms with van der Waals surface area (Å²) in [6, 6.07) is 16.6. The summed E-state index contributed by atoms with van der Waals surface area (Å²) in [5.41, 5.74) is 11.2. The number of carbonyl (C=O) groups is 2. The van der Waals surface area contributed by atoms with Crippen LogP contribution < -0.4 is 11.1 Å². The number of hydrogen-bond acceptors (Lipinski definition) is 4. The van der Waals surface area contributed by atoms with Gasteiger partial charge in [-0.2, -0.15) is 0 Å². The average Bonchev–Trinajstić information content (AvgIpc) is 3.43. The molecule has 0 radical (unpaired) electrons. The highest BCUT2D eigenvalue weighted by Gasteiger charge is 2.33. The highest BCUT2D eigenvalue weighted by Crippen LogP contribution is 2.30. The van der Waals surface area contributed by atoms with Gasteiger partial charge < -0.3 is 15.6 Å². The van der Waals surface area contributed by atoms with Crippen LogP contribution in [0.1, 0.15) is 45.4 Å². The Hall–Kier alpha value is -4.17. The van der Waals surface area contributed by atoms with Crippen molar-refractivity contribution in [1.82, 2.24) is 24.4 Å². The van der Waals surface area contributed by atoms with Crippen LogP contribution in [0.3, 0.4) is 0 Å². The number of carbonyl (C=O) groups excluding carboxylic acids is 2. The normalized spacial score (nSPS) is 17.2. The van der Waals surface area contributed by atoms with E-state index >= 15 is 0 Å². The summed E-state index contributed by atoms with van der Waals surface area (Å²) in [6.07, 6.45) is 3.20. The molecule has 8 nitrogen and oxygen atoms in total. The molecule has 9 heteroatoms.